The first-order valence-corrected chi connectivity index (χ1v) is 7.27. The molecule has 0 saturated carbocycles. The van der Waals surface area contributed by atoms with E-state index < -0.39 is 0 Å². The Bertz CT molecular complexity index is 383. The Morgan fingerprint density at radius 3 is 2.63 bits per heavy atom. The van der Waals surface area contributed by atoms with Crippen molar-refractivity contribution >= 4 is 5.91 Å². The Balaban J connectivity index is 1.62. The normalized spacial score (nSPS) is 17.3. The highest BCUT2D eigenvalue weighted by molar-refractivity contribution is 5.78. The zero-order chi connectivity index (χ0) is 13.5. The fraction of sp³-hybridized carbons (Fsp3) is 0.562. The maximum Gasteiger partial charge on any atom is 0.234 e. The quantitative estimate of drug-likeness (QED) is 0.879. The van der Waals surface area contributed by atoms with Crippen LogP contribution in [0.3, 0.4) is 0 Å². The van der Waals surface area contributed by atoms with E-state index in [1.807, 2.05) is 18.2 Å². The van der Waals surface area contributed by atoms with E-state index in [9.17, 15) is 4.79 Å². The van der Waals surface area contributed by atoms with Crippen molar-refractivity contribution in [1.29, 1.82) is 0 Å². The molecular weight excluding hydrogens is 236 g/mol. The highest BCUT2D eigenvalue weighted by atomic mass is 16.2. The maximum absolute atomic E-state index is 11.8. The predicted octanol–water partition coefficient (Wildman–Crippen LogP) is 2.08. The summed E-state index contributed by atoms with van der Waals surface area (Å²) in [7, 11) is 0. The van der Waals surface area contributed by atoms with Crippen LogP contribution in [0.25, 0.3) is 0 Å². The van der Waals surface area contributed by atoms with Crippen LogP contribution >= 0.6 is 0 Å². The van der Waals surface area contributed by atoms with E-state index in [1.54, 1.807) is 0 Å². The van der Waals surface area contributed by atoms with Gasteiger partial charge in [0.1, 0.15) is 0 Å². The van der Waals surface area contributed by atoms with E-state index in [1.165, 1.54) is 18.4 Å². The molecule has 104 valence electrons. The van der Waals surface area contributed by atoms with Gasteiger partial charge in [-0.15, -0.1) is 0 Å². The standard InChI is InChI=1S/C16H24N2O/c1-14-8-11-18(12-9-14)13-16(19)17-10-7-15-5-3-2-4-6-15/h2-6,14H,7-13H2,1H3,(H,17,19). The second-order valence-corrected chi connectivity index (χ2v) is 5.54. The van der Waals surface area contributed by atoms with E-state index in [0.29, 0.717) is 6.54 Å². The minimum Gasteiger partial charge on any atom is -0.355 e. The number of hydrogen-bond acceptors (Lipinski definition) is 2. The molecule has 3 heteroatoms. The Morgan fingerprint density at radius 2 is 1.95 bits per heavy atom. The van der Waals surface area contributed by atoms with Crippen LogP contribution in [0.1, 0.15) is 25.3 Å². The lowest BCUT2D eigenvalue weighted by atomic mass is 9.99. The number of rotatable bonds is 5. The summed E-state index contributed by atoms with van der Waals surface area (Å²) in [4.78, 5) is 14.1. The first-order valence-electron chi connectivity index (χ1n) is 7.27. The molecule has 2 rings (SSSR count). The van der Waals surface area contributed by atoms with Crippen molar-refractivity contribution in [2.75, 3.05) is 26.2 Å². The predicted molar refractivity (Wildman–Crippen MR) is 78.0 cm³/mol. The lowest BCUT2D eigenvalue weighted by Crippen LogP contribution is -2.41. The number of likely N-dealkylation sites (tertiary alicyclic amines) is 1. The van der Waals surface area contributed by atoms with Gasteiger partial charge in [-0.2, -0.15) is 0 Å². The number of benzene rings is 1. The third-order valence-corrected chi connectivity index (χ3v) is 3.82. The van der Waals surface area contributed by atoms with Crippen molar-refractivity contribution in [2.24, 2.45) is 5.92 Å². The Morgan fingerprint density at radius 1 is 1.26 bits per heavy atom. The molecule has 1 aromatic carbocycles. The summed E-state index contributed by atoms with van der Waals surface area (Å²) in [5.41, 5.74) is 1.27. The summed E-state index contributed by atoms with van der Waals surface area (Å²) in [6.07, 6.45) is 3.35. The van der Waals surface area contributed by atoms with Crippen LogP contribution in [0.2, 0.25) is 0 Å². The molecule has 1 aromatic rings. The molecule has 19 heavy (non-hydrogen) atoms. The lowest BCUT2D eigenvalue weighted by Gasteiger charge is -2.29. The largest absolute Gasteiger partial charge is 0.355 e. The van der Waals surface area contributed by atoms with Gasteiger partial charge >= 0.3 is 0 Å². The van der Waals surface area contributed by atoms with Crippen LogP contribution in [0.5, 0.6) is 0 Å². The summed E-state index contributed by atoms with van der Waals surface area (Å²) in [5.74, 6) is 0.975. The molecule has 3 nitrogen and oxygen atoms in total. The molecule has 0 atom stereocenters. The molecule has 0 radical (unpaired) electrons. The SMILES string of the molecule is CC1CCN(CC(=O)NCCc2ccccc2)CC1. The number of carbonyl (C=O) groups excluding carboxylic acids is 1. The monoisotopic (exact) mass is 260 g/mol. The van der Waals surface area contributed by atoms with E-state index in [-0.39, 0.29) is 5.91 Å². The first kappa shape index (κ1) is 14.1. The molecular formula is C16H24N2O. The molecule has 1 heterocycles. The Labute approximate surface area is 116 Å². The maximum atomic E-state index is 11.8. The number of piperidine rings is 1. The Hall–Kier alpha value is -1.35. The number of hydrogen-bond donors (Lipinski definition) is 1. The first-order chi connectivity index (χ1) is 9.24. The van der Waals surface area contributed by atoms with E-state index in [2.05, 4.69) is 29.3 Å². The fourth-order valence-corrected chi connectivity index (χ4v) is 2.47. The topological polar surface area (TPSA) is 32.3 Å². The van der Waals surface area contributed by atoms with Crippen LogP contribution < -0.4 is 5.32 Å². The molecule has 0 bridgehead atoms. The molecule has 1 aliphatic heterocycles. The summed E-state index contributed by atoms with van der Waals surface area (Å²) >= 11 is 0. The highest BCUT2D eigenvalue weighted by Crippen LogP contribution is 2.15. The van der Waals surface area contributed by atoms with Crippen molar-refractivity contribution < 1.29 is 4.79 Å². The van der Waals surface area contributed by atoms with Gasteiger partial charge in [0.05, 0.1) is 6.54 Å². The van der Waals surface area contributed by atoms with Crippen LogP contribution in [-0.2, 0) is 11.2 Å². The third-order valence-electron chi connectivity index (χ3n) is 3.82. The van der Waals surface area contributed by atoms with Crippen LogP contribution in [-0.4, -0.2) is 37.0 Å². The molecule has 1 fully saturated rings. The van der Waals surface area contributed by atoms with Crippen molar-refractivity contribution in [2.45, 2.75) is 26.2 Å². The smallest absolute Gasteiger partial charge is 0.234 e. The van der Waals surface area contributed by atoms with E-state index >= 15 is 0 Å². The summed E-state index contributed by atoms with van der Waals surface area (Å²) in [5, 5.41) is 3.01. The van der Waals surface area contributed by atoms with Crippen LogP contribution in [0.4, 0.5) is 0 Å². The van der Waals surface area contributed by atoms with E-state index in [0.717, 1.165) is 32.0 Å². The lowest BCUT2D eigenvalue weighted by molar-refractivity contribution is -0.122. The second-order valence-electron chi connectivity index (χ2n) is 5.54. The van der Waals surface area contributed by atoms with Gasteiger partial charge in [0.2, 0.25) is 5.91 Å². The summed E-state index contributed by atoms with van der Waals surface area (Å²) < 4.78 is 0. The van der Waals surface area contributed by atoms with Crippen molar-refractivity contribution in [3.63, 3.8) is 0 Å². The van der Waals surface area contributed by atoms with Crippen LogP contribution in [0, 0.1) is 5.92 Å². The number of carbonyl (C=O) groups is 1. The minimum atomic E-state index is 0.158. The molecule has 1 amide bonds. The number of amides is 1. The number of nitrogens with zero attached hydrogens (tertiary/aromatic N) is 1. The van der Waals surface area contributed by atoms with Gasteiger partial charge in [0.25, 0.3) is 0 Å². The minimum absolute atomic E-state index is 0.158. The highest BCUT2D eigenvalue weighted by Gasteiger charge is 2.17. The second kappa shape index (κ2) is 7.29. The van der Waals surface area contributed by atoms with Crippen molar-refractivity contribution in [3.05, 3.63) is 35.9 Å². The van der Waals surface area contributed by atoms with Crippen LogP contribution in [0.15, 0.2) is 30.3 Å². The van der Waals surface area contributed by atoms with Gasteiger partial charge in [-0.25, -0.2) is 0 Å². The molecule has 0 aliphatic carbocycles. The zero-order valence-electron chi connectivity index (χ0n) is 11.8. The summed E-state index contributed by atoms with van der Waals surface area (Å²) in [6.45, 7) is 5.70. The fourth-order valence-electron chi connectivity index (χ4n) is 2.47. The average molecular weight is 260 g/mol. The van der Waals surface area contributed by atoms with Gasteiger partial charge in [-0.1, -0.05) is 37.3 Å². The third kappa shape index (κ3) is 5.03. The van der Waals surface area contributed by atoms with Crippen molar-refractivity contribution in [1.82, 2.24) is 10.2 Å². The van der Waals surface area contributed by atoms with Gasteiger partial charge in [0, 0.05) is 6.54 Å². The van der Waals surface area contributed by atoms with Gasteiger partial charge in [-0.3, -0.25) is 9.69 Å². The van der Waals surface area contributed by atoms with E-state index in [4.69, 9.17) is 0 Å². The molecule has 0 aromatic heterocycles. The van der Waals surface area contributed by atoms with Crippen molar-refractivity contribution in [3.8, 4) is 0 Å². The van der Waals surface area contributed by atoms with Gasteiger partial charge in [-0.05, 0) is 43.8 Å². The Kier molecular flexibility index (Phi) is 5.40. The molecule has 1 aliphatic rings. The van der Waals surface area contributed by atoms with Gasteiger partial charge in [0.15, 0.2) is 0 Å². The average Bonchev–Trinajstić information content (AvgIpc) is 2.43. The summed E-state index contributed by atoms with van der Waals surface area (Å²) in [6, 6.07) is 10.3. The molecule has 0 unspecified atom stereocenters. The molecule has 1 N–H and O–H groups in total. The zero-order valence-corrected chi connectivity index (χ0v) is 11.8. The molecule has 1 saturated heterocycles. The number of nitrogens with one attached hydrogen (secondary N) is 1. The van der Waals surface area contributed by atoms with Gasteiger partial charge < -0.3 is 5.32 Å². The molecule has 0 spiro atoms.